The molecule has 24 heavy (non-hydrogen) atoms. The first-order valence-corrected chi connectivity index (χ1v) is 7.77. The molecule has 0 spiro atoms. The summed E-state index contributed by atoms with van der Waals surface area (Å²) in [6, 6.07) is 5.81. The number of non-ortho nitro benzene ring substituents is 1. The summed E-state index contributed by atoms with van der Waals surface area (Å²) in [5.41, 5.74) is 0.536. The largest absolute Gasteiger partial charge is 0.353 e. The van der Waals surface area contributed by atoms with Crippen LogP contribution in [0.25, 0.3) is 0 Å². The molecule has 0 atom stereocenters. The number of likely N-dealkylation sites (N-methyl/N-ethyl adjacent to an activating group) is 2. The number of carbonyl (C=O) groups is 2. The number of nitrogens with one attached hydrogen (secondary N) is 1. The maximum absolute atomic E-state index is 12.4. The Labute approximate surface area is 141 Å². The van der Waals surface area contributed by atoms with Crippen LogP contribution in [0.15, 0.2) is 24.3 Å². The third-order valence-electron chi connectivity index (χ3n) is 3.44. The van der Waals surface area contributed by atoms with Gasteiger partial charge in [-0.1, -0.05) is 6.92 Å². The Morgan fingerprint density at radius 2 is 1.79 bits per heavy atom. The van der Waals surface area contributed by atoms with Gasteiger partial charge in [0.15, 0.2) is 0 Å². The summed E-state index contributed by atoms with van der Waals surface area (Å²) in [7, 11) is 1.60. The number of amides is 2. The van der Waals surface area contributed by atoms with Gasteiger partial charge in [0.1, 0.15) is 0 Å². The predicted molar refractivity (Wildman–Crippen MR) is 91.9 cm³/mol. The number of hydrogen-bond acceptors (Lipinski definition) is 5. The molecule has 0 radical (unpaired) electrons. The van der Waals surface area contributed by atoms with E-state index < -0.39 is 4.92 Å². The van der Waals surface area contributed by atoms with Crippen molar-refractivity contribution in [2.75, 3.05) is 31.6 Å². The summed E-state index contributed by atoms with van der Waals surface area (Å²) in [4.78, 5) is 37.5. The van der Waals surface area contributed by atoms with Gasteiger partial charge in [-0.15, -0.1) is 0 Å². The molecule has 1 rings (SSSR count). The fraction of sp³-hybridized carbons (Fsp3) is 0.500. The Morgan fingerprint density at radius 1 is 1.21 bits per heavy atom. The number of anilines is 1. The van der Waals surface area contributed by atoms with Gasteiger partial charge in [0, 0.05) is 30.9 Å². The van der Waals surface area contributed by atoms with Crippen LogP contribution in [0.1, 0.15) is 20.8 Å². The van der Waals surface area contributed by atoms with E-state index >= 15 is 0 Å². The second-order valence-corrected chi connectivity index (χ2v) is 5.75. The minimum atomic E-state index is -0.488. The maximum Gasteiger partial charge on any atom is 0.269 e. The molecule has 1 aromatic rings. The van der Waals surface area contributed by atoms with E-state index in [9.17, 15) is 19.7 Å². The molecule has 0 saturated heterocycles. The molecule has 1 aromatic carbocycles. The number of carbonyl (C=O) groups excluding carboxylic acids is 2. The second kappa shape index (κ2) is 8.97. The quantitative estimate of drug-likeness (QED) is 0.572. The molecule has 0 aliphatic rings. The molecule has 8 heteroatoms. The molecule has 2 amide bonds. The normalized spacial score (nSPS) is 10.8. The zero-order chi connectivity index (χ0) is 18.3. The van der Waals surface area contributed by atoms with E-state index in [1.807, 2.05) is 20.8 Å². The van der Waals surface area contributed by atoms with Gasteiger partial charge in [0.05, 0.1) is 18.0 Å². The zero-order valence-electron chi connectivity index (χ0n) is 14.5. The summed E-state index contributed by atoms with van der Waals surface area (Å²) < 4.78 is 0. The standard InChI is InChI=1S/C16H24N4O4/c1-5-19(10-15(21)17-12(2)3)11-16(22)18(4)13-6-8-14(9-7-13)20(23)24/h6-9,12H,5,10-11H2,1-4H3,(H,17,21). The van der Waals surface area contributed by atoms with Gasteiger partial charge in [0.25, 0.3) is 5.69 Å². The average Bonchev–Trinajstić information content (AvgIpc) is 2.52. The molecule has 0 bridgehead atoms. The van der Waals surface area contributed by atoms with Crippen LogP contribution in [0.4, 0.5) is 11.4 Å². The SMILES string of the molecule is CCN(CC(=O)NC(C)C)CC(=O)N(C)c1ccc([N+](=O)[O-])cc1. The van der Waals surface area contributed by atoms with Crippen LogP contribution >= 0.6 is 0 Å². The molecule has 0 fully saturated rings. The number of nitro benzene ring substituents is 1. The van der Waals surface area contributed by atoms with Gasteiger partial charge < -0.3 is 10.2 Å². The van der Waals surface area contributed by atoms with E-state index in [2.05, 4.69) is 5.32 Å². The number of nitrogens with zero attached hydrogens (tertiary/aromatic N) is 3. The topological polar surface area (TPSA) is 95.8 Å². The lowest BCUT2D eigenvalue weighted by Gasteiger charge is -2.24. The maximum atomic E-state index is 12.4. The van der Waals surface area contributed by atoms with E-state index in [0.717, 1.165) is 0 Å². The van der Waals surface area contributed by atoms with Crippen molar-refractivity contribution < 1.29 is 14.5 Å². The van der Waals surface area contributed by atoms with E-state index in [1.165, 1.54) is 29.2 Å². The molecule has 0 aliphatic heterocycles. The third-order valence-corrected chi connectivity index (χ3v) is 3.44. The first kappa shape index (κ1) is 19.6. The lowest BCUT2D eigenvalue weighted by Crippen LogP contribution is -2.44. The Bertz CT molecular complexity index is 586. The molecular formula is C16H24N4O4. The minimum absolute atomic E-state index is 0.0276. The highest BCUT2D eigenvalue weighted by molar-refractivity contribution is 5.94. The van der Waals surface area contributed by atoms with Crippen LogP contribution in [0.5, 0.6) is 0 Å². The molecule has 0 unspecified atom stereocenters. The van der Waals surface area contributed by atoms with Crippen molar-refractivity contribution in [3.05, 3.63) is 34.4 Å². The van der Waals surface area contributed by atoms with Crippen molar-refractivity contribution in [1.82, 2.24) is 10.2 Å². The van der Waals surface area contributed by atoms with Crippen LogP contribution in [-0.4, -0.2) is 54.4 Å². The van der Waals surface area contributed by atoms with Gasteiger partial charge in [-0.25, -0.2) is 0 Å². The summed E-state index contributed by atoms with van der Waals surface area (Å²) >= 11 is 0. The van der Waals surface area contributed by atoms with Crippen molar-refractivity contribution in [2.24, 2.45) is 0 Å². The number of benzene rings is 1. The van der Waals surface area contributed by atoms with Crippen LogP contribution in [0.2, 0.25) is 0 Å². The highest BCUT2D eigenvalue weighted by atomic mass is 16.6. The van der Waals surface area contributed by atoms with Crippen molar-refractivity contribution in [3.63, 3.8) is 0 Å². The van der Waals surface area contributed by atoms with Crippen LogP contribution in [0.3, 0.4) is 0 Å². The Hall–Kier alpha value is -2.48. The van der Waals surface area contributed by atoms with E-state index in [-0.39, 0.29) is 36.6 Å². The smallest absolute Gasteiger partial charge is 0.269 e. The molecule has 0 saturated carbocycles. The molecule has 8 nitrogen and oxygen atoms in total. The fourth-order valence-corrected chi connectivity index (χ4v) is 2.09. The Kier molecular flexibility index (Phi) is 7.31. The molecule has 0 aromatic heterocycles. The zero-order valence-corrected chi connectivity index (χ0v) is 14.5. The third kappa shape index (κ3) is 5.96. The first-order chi connectivity index (χ1) is 11.2. The number of hydrogen-bond donors (Lipinski definition) is 1. The molecule has 0 aliphatic carbocycles. The fourth-order valence-electron chi connectivity index (χ4n) is 2.09. The van der Waals surface area contributed by atoms with E-state index in [4.69, 9.17) is 0 Å². The molecular weight excluding hydrogens is 312 g/mol. The highest BCUT2D eigenvalue weighted by Crippen LogP contribution is 2.18. The monoisotopic (exact) mass is 336 g/mol. The predicted octanol–water partition coefficient (Wildman–Crippen LogP) is 1.40. The number of nitro groups is 1. The van der Waals surface area contributed by atoms with Crippen LogP contribution < -0.4 is 10.2 Å². The van der Waals surface area contributed by atoms with Crippen molar-refractivity contribution >= 4 is 23.2 Å². The van der Waals surface area contributed by atoms with Crippen LogP contribution in [-0.2, 0) is 9.59 Å². The summed E-state index contributed by atoms with van der Waals surface area (Å²) in [6.07, 6.45) is 0. The highest BCUT2D eigenvalue weighted by Gasteiger charge is 2.18. The molecule has 132 valence electrons. The molecule has 0 heterocycles. The summed E-state index contributed by atoms with van der Waals surface area (Å²) in [5, 5.41) is 13.4. The van der Waals surface area contributed by atoms with Gasteiger partial charge >= 0.3 is 0 Å². The van der Waals surface area contributed by atoms with Gasteiger partial charge in [-0.2, -0.15) is 0 Å². The first-order valence-electron chi connectivity index (χ1n) is 7.77. The van der Waals surface area contributed by atoms with Gasteiger partial charge in [-0.3, -0.25) is 24.6 Å². The van der Waals surface area contributed by atoms with Gasteiger partial charge in [0.2, 0.25) is 11.8 Å². The Morgan fingerprint density at radius 3 is 2.25 bits per heavy atom. The van der Waals surface area contributed by atoms with E-state index in [1.54, 1.807) is 11.9 Å². The summed E-state index contributed by atoms with van der Waals surface area (Å²) in [6.45, 7) is 6.43. The van der Waals surface area contributed by atoms with E-state index in [0.29, 0.717) is 12.2 Å². The van der Waals surface area contributed by atoms with Crippen molar-refractivity contribution in [1.29, 1.82) is 0 Å². The summed E-state index contributed by atoms with van der Waals surface area (Å²) in [5.74, 6) is -0.319. The van der Waals surface area contributed by atoms with Gasteiger partial charge in [-0.05, 0) is 32.5 Å². The number of rotatable bonds is 8. The lowest BCUT2D eigenvalue weighted by atomic mass is 10.2. The molecule has 1 N–H and O–H groups in total. The van der Waals surface area contributed by atoms with Crippen LogP contribution in [0, 0.1) is 10.1 Å². The lowest BCUT2D eigenvalue weighted by molar-refractivity contribution is -0.384. The Balaban J connectivity index is 2.66. The second-order valence-electron chi connectivity index (χ2n) is 5.75. The van der Waals surface area contributed by atoms with Crippen molar-refractivity contribution in [2.45, 2.75) is 26.8 Å². The average molecular weight is 336 g/mol. The minimum Gasteiger partial charge on any atom is -0.353 e. The van der Waals surface area contributed by atoms with Crippen molar-refractivity contribution in [3.8, 4) is 0 Å².